The van der Waals surface area contributed by atoms with Gasteiger partial charge in [0, 0.05) is 51.0 Å². The summed E-state index contributed by atoms with van der Waals surface area (Å²) in [5.74, 6) is 2.10. The molecule has 1 aromatic rings. The maximum atomic E-state index is 11.8. The number of piperidine rings is 1. The topological polar surface area (TPSA) is 79.1 Å². The van der Waals surface area contributed by atoms with Crippen LogP contribution in [0, 0.1) is 5.41 Å². The van der Waals surface area contributed by atoms with Crippen LogP contribution in [0.5, 0.6) is 0 Å². The van der Waals surface area contributed by atoms with Crippen molar-refractivity contribution >= 4 is 35.8 Å². The van der Waals surface area contributed by atoms with Crippen LogP contribution in [0.3, 0.4) is 0 Å². The molecule has 29 heavy (non-hydrogen) atoms. The van der Waals surface area contributed by atoms with Gasteiger partial charge in [0.1, 0.15) is 5.76 Å². The van der Waals surface area contributed by atoms with Crippen LogP contribution in [-0.2, 0) is 16.0 Å². The molecule has 4 heterocycles. The van der Waals surface area contributed by atoms with E-state index in [2.05, 4.69) is 15.5 Å². The van der Waals surface area contributed by atoms with Gasteiger partial charge in [-0.3, -0.25) is 9.79 Å². The first-order chi connectivity index (χ1) is 13.7. The van der Waals surface area contributed by atoms with Gasteiger partial charge in [0.05, 0.1) is 18.9 Å². The number of halogens is 1. The van der Waals surface area contributed by atoms with Crippen LogP contribution in [-0.4, -0.2) is 62.2 Å². The Balaban J connectivity index is 0.00000240. The van der Waals surface area contributed by atoms with E-state index in [1.54, 1.807) is 6.26 Å². The summed E-state index contributed by atoms with van der Waals surface area (Å²) in [7, 11) is 0. The third-order valence-corrected chi connectivity index (χ3v) is 6.11. The summed E-state index contributed by atoms with van der Waals surface area (Å²) >= 11 is 0. The van der Waals surface area contributed by atoms with Crippen molar-refractivity contribution in [2.75, 3.05) is 39.3 Å². The number of amides is 1. The van der Waals surface area contributed by atoms with Gasteiger partial charge in [-0.2, -0.15) is 0 Å². The Morgan fingerprint density at radius 3 is 3.03 bits per heavy atom. The normalized spacial score (nSPS) is 27.6. The molecule has 3 aliphatic heterocycles. The second kappa shape index (κ2) is 10.7. The van der Waals surface area contributed by atoms with E-state index in [4.69, 9.17) is 14.1 Å². The number of furan rings is 1. The van der Waals surface area contributed by atoms with Crippen molar-refractivity contribution in [2.45, 2.75) is 51.0 Å². The molecule has 3 fully saturated rings. The van der Waals surface area contributed by atoms with Crippen molar-refractivity contribution in [3.8, 4) is 0 Å². The second-order valence-electron chi connectivity index (χ2n) is 8.39. The molecule has 8 heteroatoms. The lowest BCUT2D eigenvalue weighted by atomic mass is 9.79. The highest BCUT2D eigenvalue weighted by Crippen LogP contribution is 2.36. The van der Waals surface area contributed by atoms with Crippen LogP contribution in [0.1, 0.15) is 44.3 Å². The summed E-state index contributed by atoms with van der Waals surface area (Å²) in [6.45, 7) is 4.97. The maximum Gasteiger partial charge on any atom is 0.220 e. The Hall–Kier alpha value is -1.29. The van der Waals surface area contributed by atoms with Crippen LogP contribution in [0.4, 0.5) is 0 Å². The van der Waals surface area contributed by atoms with Crippen molar-refractivity contribution in [2.24, 2.45) is 10.4 Å². The van der Waals surface area contributed by atoms with Gasteiger partial charge in [-0.05, 0) is 44.2 Å². The zero-order valence-electron chi connectivity index (χ0n) is 17.0. The van der Waals surface area contributed by atoms with Gasteiger partial charge in [-0.15, -0.1) is 24.0 Å². The monoisotopic (exact) mass is 516 g/mol. The summed E-state index contributed by atoms with van der Waals surface area (Å²) in [4.78, 5) is 19.1. The number of hydrogen-bond acceptors (Lipinski definition) is 4. The number of guanidine groups is 1. The van der Waals surface area contributed by atoms with Crippen LogP contribution in [0.15, 0.2) is 27.8 Å². The summed E-state index contributed by atoms with van der Waals surface area (Å²) in [5, 5.41) is 6.57. The molecule has 3 aliphatic rings. The van der Waals surface area contributed by atoms with Gasteiger partial charge < -0.3 is 24.7 Å². The third-order valence-electron chi connectivity index (χ3n) is 6.11. The Bertz CT molecular complexity index is 675. The highest BCUT2D eigenvalue weighted by molar-refractivity contribution is 14.0. The van der Waals surface area contributed by atoms with E-state index in [1.165, 1.54) is 6.42 Å². The fourth-order valence-electron chi connectivity index (χ4n) is 4.59. The minimum Gasteiger partial charge on any atom is -0.469 e. The SMILES string of the molecule is I.O=C1CC2(CCCN(C(=NCC3CCCCO3)NCCc3ccco3)C2)CN1. The van der Waals surface area contributed by atoms with E-state index >= 15 is 0 Å². The van der Waals surface area contributed by atoms with Crippen molar-refractivity contribution in [1.82, 2.24) is 15.5 Å². The van der Waals surface area contributed by atoms with Gasteiger partial charge in [0.25, 0.3) is 0 Å². The Morgan fingerprint density at radius 2 is 2.31 bits per heavy atom. The molecule has 0 bridgehead atoms. The minimum absolute atomic E-state index is 0. The van der Waals surface area contributed by atoms with Gasteiger partial charge in [0.2, 0.25) is 5.91 Å². The van der Waals surface area contributed by atoms with Crippen LogP contribution < -0.4 is 10.6 Å². The van der Waals surface area contributed by atoms with E-state index in [0.29, 0.717) is 13.0 Å². The fourth-order valence-corrected chi connectivity index (χ4v) is 4.59. The maximum absolute atomic E-state index is 11.8. The number of nitrogens with zero attached hydrogens (tertiary/aromatic N) is 2. The molecule has 7 nitrogen and oxygen atoms in total. The van der Waals surface area contributed by atoms with E-state index < -0.39 is 0 Å². The highest BCUT2D eigenvalue weighted by atomic mass is 127. The molecule has 2 atom stereocenters. The fraction of sp³-hybridized carbons (Fsp3) is 0.714. The number of hydrogen-bond donors (Lipinski definition) is 2. The molecule has 1 aromatic heterocycles. The van der Waals surface area contributed by atoms with Crippen molar-refractivity contribution in [3.05, 3.63) is 24.2 Å². The number of nitrogens with one attached hydrogen (secondary N) is 2. The Kier molecular flexibility index (Phi) is 8.23. The summed E-state index contributed by atoms with van der Waals surface area (Å²) in [5.41, 5.74) is 0.0557. The molecule has 2 N–H and O–H groups in total. The first-order valence-electron chi connectivity index (χ1n) is 10.7. The van der Waals surface area contributed by atoms with Gasteiger partial charge in [-0.1, -0.05) is 0 Å². The largest absolute Gasteiger partial charge is 0.469 e. The summed E-state index contributed by atoms with van der Waals surface area (Å²) in [6, 6.07) is 3.92. The number of carbonyl (C=O) groups is 1. The molecule has 2 unspecified atom stereocenters. The predicted molar refractivity (Wildman–Crippen MR) is 123 cm³/mol. The molecular weight excluding hydrogens is 483 g/mol. The number of ether oxygens (including phenoxy) is 1. The van der Waals surface area contributed by atoms with Gasteiger partial charge in [0.15, 0.2) is 5.96 Å². The quantitative estimate of drug-likeness (QED) is 0.358. The van der Waals surface area contributed by atoms with E-state index in [9.17, 15) is 4.79 Å². The first kappa shape index (κ1) is 22.4. The molecule has 4 rings (SSSR count). The molecule has 162 valence electrons. The van der Waals surface area contributed by atoms with Crippen molar-refractivity contribution in [1.29, 1.82) is 0 Å². The third kappa shape index (κ3) is 6.10. The second-order valence-corrected chi connectivity index (χ2v) is 8.39. The molecule has 0 aromatic carbocycles. The number of carbonyl (C=O) groups excluding carboxylic acids is 1. The average Bonchev–Trinajstić information content (AvgIpc) is 3.35. The number of likely N-dealkylation sites (tertiary alicyclic amines) is 1. The molecular formula is C21H33IN4O3. The van der Waals surface area contributed by atoms with E-state index in [0.717, 1.165) is 76.6 Å². The average molecular weight is 516 g/mol. The zero-order chi connectivity index (χ0) is 19.2. The number of rotatable bonds is 5. The van der Waals surface area contributed by atoms with Crippen LogP contribution in [0.25, 0.3) is 0 Å². The van der Waals surface area contributed by atoms with Crippen molar-refractivity contribution < 1.29 is 13.9 Å². The van der Waals surface area contributed by atoms with Gasteiger partial charge in [-0.25, -0.2) is 0 Å². The molecule has 0 saturated carbocycles. The molecule has 3 saturated heterocycles. The van der Waals surface area contributed by atoms with Crippen molar-refractivity contribution in [3.63, 3.8) is 0 Å². The summed E-state index contributed by atoms with van der Waals surface area (Å²) < 4.78 is 11.3. The standard InChI is InChI=1S/C21H32N4O3.HI/c26-19-13-21(15-24-19)8-4-10-25(16-21)20(22-9-7-17-6-3-12-27-17)23-14-18-5-1-2-11-28-18;/h3,6,12,18H,1-2,4-5,7-11,13-16H2,(H,22,23)(H,24,26);1H. The molecule has 1 spiro atoms. The lowest BCUT2D eigenvalue weighted by Crippen LogP contribution is -2.51. The Morgan fingerprint density at radius 1 is 1.38 bits per heavy atom. The van der Waals surface area contributed by atoms with Crippen LogP contribution in [0.2, 0.25) is 0 Å². The molecule has 0 radical (unpaired) electrons. The van der Waals surface area contributed by atoms with E-state index in [1.807, 2.05) is 12.1 Å². The van der Waals surface area contributed by atoms with Gasteiger partial charge >= 0.3 is 0 Å². The van der Waals surface area contributed by atoms with Crippen LogP contribution >= 0.6 is 24.0 Å². The zero-order valence-corrected chi connectivity index (χ0v) is 19.4. The smallest absolute Gasteiger partial charge is 0.220 e. The lowest BCUT2D eigenvalue weighted by molar-refractivity contribution is -0.119. The Labute approximate surface area is 190 Å². The van der Waals surface area contributed by atoms with E-state index in [-0.39, 0.29) is 41.4 Å². The predicted octanol–water partition coefficient (Wildman–Crippen LogP) is 2.56. The highest BCUT2D eigenvalue weighted by Gasteiger charge is 2.42. The summed E-state index contributed by atoms with van der Waals surface area (Å²) in [6.07, 6.45) is 9.06. The first-order valence-corrected chi connectivity index (χ1v) is 10.7. The molecule has 1 amide bonds. The minimum atomic E-state index is 0. The lowest BCUT2D eigenvalue weighted by Gasteiger charge is -2.41. The number of aliphatic imine (C=N–C) groups is 1. The molecule has 0 aliphatic carbocycles.